The second kappa shape index (κ2) is 6.76. The monoisotopic (exact) mass is 407 g/mol. The lowest BCUT2D eigenvalue weighted by Gasteiger charge is -2.42. The van der Waals surface area contributed by atoms with Gasteiger partial charge in [-0.3, -0.25) is 5.41 Å². The van der Waals surface area contributed by atoms with Crippen LogP contribution in [0, 0.1) is 17.2 Å². The molecule has 0 radical (unpaired) electrons. The van der Waals surface area contributed by atoms with Crippen molar-refractivity contribution in [1.82, 2.24) is 4.90 Å². The number of hydrogen-bond donors (Lipinski definition) is 2. The van der Waals surface area contributed by atoms with E-state index in [0.717, 1.165) is 10.0 Å². The van der Waals surface area contributed by atoms with E-state index in [2.05, 4.69) is 15.9 Å². The van der Waals surface area contributed by atoms with Gasteiger partial charge in [0, 0.05) is 17.4 Å². The lowest BCUT2D eigenvalue weighted by molar-refractivity contribution is -0.205. The Hall–Kier alpha value is -1.15. The molecule has 0 heterocycles. The minimum absolute atomic E-state index is 0.0221. The molecule has 1 aliphatic carbocycles. The van der Waals surface area contributed by atoms with Gasteiger partial charge in [-0.15, -0.1) is 0 Å². The number of hydrogen-bond acceptors (Lipinski definition) is 2. The highest BCUT2D eigenvalue weighted by Gasteiger charge is 2.51. The van der Waals surface area contributed by atoms with E-state index in [1.54, 1.807) is 13.1 Å². The zero-order chi connectivity index (χ0) is 17.4. The van der Waals surface area contributed by atoms with Crippen LogP contribution in [0.15, 0.2) is 28.7 Å². The molecular formula is C15H17BrF3N3S. The van der Waals surface area contributed by atoms with E-state index in [4.69, 9.17) is 23.4 Å². The van der Waals surface area contributed by atoms with E-state index in [0.29, 0.717) is 0 Å². The molecule has 1 unspecified atom stereocenters. The van der Waals surface area contributed by atoms with Crippen LogP contribution >= 0.6 is 28.1 Å². The van der Waals surface area contributed by atoms with Crippen molar-refractivity contribution >= 4 is 39.1 Å². The molecule has 0 spiro atoms. The van der Waals surface area contributed by atoms with Crippen molar-refractivity contribution in [3.05, 3.63) is 34.3 Å². The number of halogens is 4. The molecule has 0 amide bonds. The highest BCUT2D eigenvalue weighted by molar-refractivity contribution is 9.10. The summed E-state index contributed by atoms with van der Waals surface area (Å²) in [6.07, 6.45) is -4.13. The van der Waals surface area contributed by atoms with Crippen LogP contribution in [0.1, 0.15) is 24.3 Å². The maximum absolute atomic E-state index is 12.8. The van der Waals surface area contributed by atoms with Gasteiger partial charge in [0.15, 0.2) is 5.11 Å². The van der Waals surface area contributed by atoms with E-state index in [1.165, 1.54) is 4.90 Å². The molecule has 126 valence electrons. The van der Waals surface area contributed by atoms with Gasteiger partial charge in [0.2, 0.25) is 0 Å². The second-order valence-corrected chi connectivity index (χ2v) is 7.12. The number of thiocarbonyl (C=S) groups is 1. The average Bonchev–Trinajstić information content (AvgIpc) is 2.38. The lowest BCUT2D eigenvalue weighted by Crippen LogP contribution is -2.46. The highest BCUT2D eigenvalue weighted by Crippen LogP contribution is 2.50. The smallest absolute Gasteiger partial charge is 0.376 e. The molecule has 1 aliphatic rings. The Labute approximate surface area is 146 Å². The molecule has 23 heavy (non-hydrogen) atoms. The number of alkyl halides is 3. The molecule has 0 aliphatic heterocycles. The maximum Gasteiger partial charge on any atom is 0.391 e. The molecule has 3 nitrogen and oxygen atoms in total. The highest BCUT2D eigenvalue weighted by atomic mass is 79.9. The SMILES string of the molecule is CN(C(=N)C(c1cccc(Br)c1)C1CC(C(F)(F)F)C1)C(N)=S. The summed E-state index contributed by atoms with van der Waals surface area (Å²) >= 11 is 8.25. The number of benzene rings is 1. The minimum atomic E-state index is -4.17. The second-order valence-electron chi connectivity index (χ2n) is 5.79. The molecule has 2 rings (SSSR count). The third-order valence-electron chi connectivity index (χ3n) is 4.30. The summed E-state index contributed by atoms with van der Waals surface area (Å²) in [5, 5.41) is 8.37. The molecule has 0 bridgehead atoms. The molecule has 0 aromatic heterocycles. The Morgan fingerprint density at radius 2 is 2.04 bits per heavy atom. The third kappa shape index (κ3) is 4.03. The van der Waals surface area contributed by atoms with Gasteiger partial charge in [0.25, 0.3) is 0 Å². The Kier molecular flexibility index (Phi) is 5.35. The molecule has 8 heteroatoms. The summed E-state index contributed by atoms with van der Waals surface area (Å²) < 4.78 is 39.2. The normalized spacial score (nSPS) is 22.1. The predicted octanol–water partition coefficient (Wildman–Crippen LogP) is 4.27. The molecular weight excluding hydrogens is 391 g/mol. The van der Waals surface area contributed by atoms with Gasteiger partial charge < -0.3 is 10.6 Å². The summed E-state index contributed by atoms with van der Waals surface area (Å²) in [7, 11) is 1.57. The summed E-state index contributed by atoms with van der Waals surface area (Å²) in [6.45, 7) is 0. The first kappa shape index (κ1) is 18.2. The molecule has 1 aromatic rings. The summed E-state index contributed by atoms with van der Waals surface area (Å²) in [4.78, 5) is 1.35. The van der Waals surface area contributed by atoms with Gasteiger partial charge in [-0.2, -0.15) is 13.2 Å². The van der Waals surface area contributed by atoms with Gasteiger partial charge in [-0.1, -0.05) is 28.1 Å². The van der Waals surface area contributed by atoms with Gasteiger partial charge >= 0.3 is 6.18 Å². The summed E-state index contributed by atoms with van der Waals surface area (Å²) in [5.74, 6) is -1.87. The largest absolute Gasteiger partial charge is 0.391 e. The van der Waals surface area contributed by atoms with Crippen molar-refractivity contribution in [3.63, 3.8) is 0 Å². The molecule has 1 atom stereocenters. The van der Waals surface area contributed by atoms with Crippen LogP contribution in [0.4, 0.5) is 13.2 Å². The fourth-order valence-electron chi connectivity index (χ4n) is 2.88. The Bertz CT molecular complexity index is 614. The van der Waals surface area contributed by atoms with Crippen molar-refractivity contribution in [3.8, 4) is 0 Å². The fraction of sp³-hybridized carbons (Fsp3) is 0.467. The van der Waals surface area contributed by atoms with Crippen LogP contribution in [-0.2, 0) is 0 Å². The van der Waals surface area contributed by atoms with Gasteiger partial charge in [0.05, 0.1) is 5.92 Å². The number of nitrogens with two attached hydrogens (primary N) is 1. The van der Waals surface area contributed by atoms with Crippen LogP contribution in [0.5, 0.6) is 0 Å². The van der Waals surface area contributed by atoms with Gasteiger partial charge in [0.1, 0.15) is 5.84 Å². The van der Waals surface area contributed by atoms with Crippen LogP contribution in [0.25, 0.3) is 0 Å². The Morgan fingerprint density at radius 3 is 2.52 bits per heavy atom. The lowest BCUT2D eigenvalue weighted by atomic mass is 9.66. The first-order chi connectivity index (χ1) is 10.6. The van der Waals surface area contributed by atoms with Crippen LogP contribution in [-0.4, -0.2) is 29.1 Å². The molecule has 0 saturated heterocycles. The Balaban J connectivity index is 2.27. The van der Waals surface area contributed by atoms with Crippen LogP contribution < -0.4 is 5.73 Å². The fourth-order valence-corrected chi connectivity index (χ4v) is 3.40. The van der Waals surface area contributed by atoms with Crippen LogP contribution in [0.2, 0.25) is 0 Å². The van der Waals surface area contributed by atoms with Crippen molar-refractivity contribution in [2.75, 3.05) is 7.05 Å². The first-order valence-corrected chi connectivity index (χ1v) is 8.25. The van der Waals surface area contributed by atoms with Crippen LogP contribution in [0.3, 0.4) is 0 Å². The van der Waals surface area contributed by atoms with E-state index < -0.39 is 18.0 Å². The third-order valence-corrected chi connectivity index (χ3v) is 5.07. The number of nitrogens with zero attached hydrogens (tertiary/aromatic N) is 1. The zero-order valence-electron chi connectivity index (χ0n) is 12.4. The zero-order valence-corrected chi connectivity index (χ0v) is 14.8. The van der Waals surface area contributed by atoms with E-state index >= 15 is 0 Å². The molecule has 1 aromatic carbocycles. The number of nitrogens with one attached hydrogen (secondary N) is 1. The number of amidine groups is 1. The van der Waals surface area contributed by atoms with E-state index in [1.807, 2.05) is 18.2 Å². The predicted molar refractivity (Wildman–Crippen MR) is 91.4 cm³/mol. The van der Waals surface area contributed by atoms with E-state index in [-0.39, 0.29) is 29.7 Å². The average molecular weight is 408 g/mol. The first-order valence-electron chi connectivity index (χ1n) is 7.05. The minimum Gasteiger partial charge on any atom is -0.376 e. The molecule has 3 N–H and O–H groups in total. The van der Waals surface area contributed by atoms with Gasteiger partial charge in [-0.25, -0.2) is 0 Å². The maximum atomic E-state index is 12.8. The topological polar surface area (TPSA) is 53.1 Å². The Morgan fingerprint density at radius 1 is 1.43 bits per heavy atom. The van der Waals surface area contributed by atoms with Crippen molar-refractivity contribution in [2.45, 2.75) is 24.9 Å². The number of likely N-dealkylation sites (N-methyl/N-ethyl adjacent to an activating group) is 1. The van der Waals surface area contributed by atoms with Crippen molar-refractivity contribution in [2.24, 2.45) is 17.6 Å². The summed E-state index contributed by atoms with van der Waals surface area (Å²) in [5.41, 5.74) is 6.36. The summed E-state index contributed by atoms with van der Waals surface area (Å²) in [6, 6.07) is 7.28. The molecule has 1 saturated carbocycles. The van der Waals surface area contributed by atoms with Gasteiger partial charge in [-0.05, 0) is 48.7 Å². The quantitative estimate of drug-likeness (QED) is 0.446. The number of rotatable bonds is 3. The standard InChI is InChI=1S/C15H17BrF3N3S/c1-22(14(21)23)13(20)12(8-3-2-4-11(16)7-8)9-5-10(6-9)15(17,18)19/h2-4,7,9-10,12,20H,5-6H2,1H3,(H2,21,23). The van der Waals surface area contributed by atoms with Crippen molar-refractivity contribution in [1.29, 1.82) is 5.41 Å². The van der Waals surface area contributed by atoms with Crippen molar-refractivity contribution < 1.29 is 13.2 Å². The molecule has 1 fully saturated rings. The van der Waals surface area contributed by atoms with E-state index in [9.17, 15) is 13.2 Å².